The number of nitrogens with one attached hydrogen (secondary N) is 1. The Labute approximate surface area is 100.0 Å². The van der Waals surface area contributed by atoms with E-state index in [-0.39, 0.29) is 5.41 Å². The van der Waals surface area contributed by atoms with Crippen LogP contribution in [0, 0.1) is 5.41 Å². The van der Waals surface area contributed by atoms with Crippen molar-refractivity contribution in [2.24, 2.45) is 5.41 Å². The van der Waals surface area contributed by atoms with Gasteiger partial charge in [0.15, 0.2) is 0 Å². The topological polar surface area (TPSA) is 44.7 Å². The zero-order chi connectivity index (χ0) is 12.6. The fourth-order valence-electron chi connectivity index (χ4n) is 1.92. The van der Waals surface area contributed by atoms with Crippen LogP contribution in [0.3, 0.4) is 0 Å². The fraction of sp³-hybridized carbons (Fsp3) is 1.00. The molecule has 0 aliphatic rings. The Morgan fingerprint density at radius 1 is 1.44 bits per heavy atom. The molecular formula is C12H28N2O2. The Hall–Kier alpha value is -0.160. The van der Waals surface area contributed by atoms with Crippen LogP contribution in [-0.4, -0.2) is 63.1 Å². The minimum absolute atomic E-state index is 0.220. The van der Waals surface area contributed by atoms with E-state index in [4.69, 9.17) is 4.74 Å². The number of hydrogen-bond donors (Lipinski definition) is 2. The lowest BCUT2D eigenvalue weighted by atomic mass is 9.92. The fourth-order valence-corrected chi connectivity index (χ4v) is 1.92. The number of nitrogens with zero attached hydrogens (tertiary/aromatic N) is 1. The number of likely N-dealkylation sites (N-methyl/N-ethyl adjacent to an activating group) is 1. The minimum atomic E-state index is -0.398. The molecule has 0 aliphatic heterocycles. The summed E-state index contributed by atoms with van der Waals surface area (Å²) in [5.41, 5.74) is 0.220. The molecule has 0 saturated carbocycles. The number of ether oxygens (including phenoxy) is 1. The first-order chi connectivity index (χ1) is 7.41. The Morgan fingerprint density at radius 2 is 2.06 bits per heavy atom. The highest BCUT2D eigenvalue weighted by Gasteiger charge is 2.20. The number of hydrogen-bond acceptors (Lipinski definition) is 4. The number of methoxy groups -OCH3 is 1. The summed E-state index contributed by atoms with van der Waals surface area (Å²) in [6.45, 7) is 10.6. The minimum Gasteiger partial charge on any atom is -0.389 e. The van der Waals surface area contributed by atoms with Crippen molar-refractivity contribution in [2.45, 2.75) is 26.9 Å². The molecule has 0 bridgehead atoms. The second-order valence-electron chi connectivity index (χ2n) is 5.25. The van der Waals surface area contributed by atoms with E-state index in [2.05, 4.69) is 31.0 Å². The number of aliphatic hydroxyl groups excluding tert-OH is 1. The smallest absolute Gasteiger partial charge is 0.0899 e. The van der Waals surface area contributed by atoms with Gasteiger partial charge in [0, 0.05) is 26.7 Å². The van der Waals surface area contributed by atoms with Crippen LogP contribution in [0.1, 0.15) is 20.8 Å². The third-order valence-electron chi connectivity index (χ3n) is 2.43. The van der Waals surface area contributed by atoms with E-state index >= 15 is 0 Å². The van der Waals surface area contributed by atoms with Crippen molar-refractivity contribution >= 4 is 0 Å². The molecule has 1 unspecified atom stereocenters. The average Bonchev–Trinajstić information content (AvgIpc) is 2.13. The van der Waals surface area contributed by atoms with Gasteiger partial charge in [-0.2, -0.15) is 0 Å². The third kappa shape index (κ3) is 8.05. The monoisotopic (exact) mass is 232 g/mol. The first-order valence-corrected chi connectivity index (χ1v) is 5.97. The molecule has 1 atom stereocenters. The first kappa shape index (κ1) is 15.8. The van der Waals surface area contributed by atoms with Crippen LogP contribution in [0.15, 0.2) is 0 Å². The van der Waals surface area contributed by atoms with Gasteiger partial charge >= 0.3 is 0 Å². The van der Waals surface area contributed by atoms with Crippen LogP contribution in [0.5, 0.6) is 0 Å². The summed E-state index contributed by atoms with van der Waals surface area (Å²) in [6.07, 6.45) is -0.398. The van der Waals surface area contributed by atoms with Crippen molar-refractivity contribution in [3.05, 3.63) is 0 Å². The van der Waals surface area contributed by atoms with Crippen molar-refractivity contribution in [3.63, 3.8) is 0 Å². The van der Waals surface area contributed by atoms with E-state index in [0.717, 1.165) is 19.6 Å². The molecule has 16 heavy (non-hydrogen) atoms. The molecule has 0 aromatic carbocycles. The zero-order valence-electron chi connectivity index (χ0n) is 11.4. The van der Waals surface area contributed by atoms with Crippen molar-refractivity contribution < 1.29 is 9.84 Å². The third-order valence-corrected chi connectivity index (χ3v) is 2.43. The summed E-state index contributed by atoms with van der Waals surface area (Å²) in [4.78, 5) is 2.15. The van der Waals surface area contributed by atoms with Crippen LogP contribution >= 0.6 is 0 Å². The number of aliphatic hydroxyl groups is 1. The van der Waals surface area contributed by atoms with Gasteiger partial charge in [-0.1, -0.05) is 20.8 Å². The van der Waals surface area contributed by atoms with Gasteiger partial charge < -0.3 is 20.1 Å². The van der Waals surface area contributed by atoms with Gasteiger partial charge in [-0.15, -0.1) is 0 Å². The van der Waals surface area contributed by atoms with Crippen molar-refractivity contribution in [1.82, 2.24) is 10.2 Å². The summed E-state index contributed by atoms with van der Waals surface area (Å²) in [6, 6.07) is 0. The van der Waals surface area contributed by atoms with Crippen LogP contribution in [0.2, 0.25) is 0 Å². The van der Waals surface area contributed by atoms with Gasteiger partial charge in [-0.3, -0.25) is 0 Å². The summed E-state index contributed by atoms with van der Waals surface area (Å²) in [7, 11) is 3.64. The highest BCUT2D eigenvalue weighted by atomic mass is 16.5. The highest BCUT2D eigenvalue weighted by molar-refractivity contribution is 4.76. The Kier molecular flexibility index (Phi) is 7.93. The Morgan fingerprint density at radius 3 is 2.56 bits per heavy atom. The van der Waals surface area contributed by atoms with E-state index in [0.29, 0.717) is 13.2 Å². The van der Waals surface area contributed by atoms with Crippen molar-refractivity contribution in [1.29, 1.82) is 0 Å². The number of rotatable bonds is 9. The van der Waals surface area contributed by atoms with Gasteiger partial charge in [-0.25, -0.2) is 0 Å². The highest BCUT2D eigenvalue weighted by Crippen LogP contribution is 2.15. The Bertz CT molecular complexity index is 174. The normalized spacial score (nSPS) is 14.4. The molecule has 4 heteroatoms. The molecule has 0 rings (SSSR count). The SMILES string of the molecule is CCNCC(C)(C)CN(C)CC(O)COC. The summed E-state index contributed by atoms with van der Waals surface area (Å²) < 4.78 is 4.91. The molecule has 0 amide bonds. The molecular weight excluding hydrogens is 204 g/mol. The molecule has 0 spiro atoms. The average molecular weight is 232 g/mol. The maximum atomic E-state index is 9.61. The van der Waals surface area contributed by atoms with Crippen LogP contribution in [-0.2, 0) is 4.74 Å². The molecule has 2 N–H and O–H groups in total. The lowest BCUT2D eigenvalue weighted by Crippen LogP contribution is -2.42. The molecule has 0 radical (unpaired) electrons. The van der Waals surface area contributed by atoms with Gasteiger partial charge in [0.05, 0.1) is 12.7 Å². The second kappa shape index (κ2) is 8.01. The van der Waals surface area contributed by atoms with Gasteiger partial charge in [0.1, 0.15) is 0 Å². The first-order valence-electron chi connectivity index (χ1n) is 5.97. The van der Waals surface area contributed by atoms with E-state index < -0.39 is 6.10 Å². The molecule has 0 fully saturated rings. The van der Waals surface area contributed by atoms with Crippen LogP contribution in [0.4, 0.5) is 0 Å². The predicted octanol–water partition coefficient (Wildman–Crippen LogP) is 0.561. The molecule has 98 valence electrons. The molecule has 0 saturated heterocycles. The zero-order valence-corrected chi connectivity index (χ0v) is 11.4. The molecule has 4 nitrogen and oxygen atoms in total. The molecule has 0 aromatic heterocycles. The standard InChI is InChI=1S/C12H28N2O2/c1-6-13-9-12(2,3)10-14(4)7-11(15)8-16-5/h11,13,15H,6-10H2,1-5H3. The van der Waals surface area contributed by atoms with E-state index in [1.165, 1.54) is 0 Å². The summed E-state index contributed by atoms with van der Waals surface area (Å²) in [5.74, 6) is 0. The van der Waals surface area contributed by atoms with E-state index in [1.54, 1.807) is 7.11 Å². The van der Waals surface area contributed by atoms with E-state index in [1.807, 2.05) is 7.05 Å². The maximum absolute atomic E-state index is 9.61. The van der Waals surface area contributed by atoms with Crippen LogP contribution in [0.25, 0.3) is 0 Å². The van der Waals surface area contributed by atoms with E-state index in [9.17, 15) is 5.11 Å². The Balaban J connectivity index is 3.87. The molecule has 0 aliphatic carbocycles. The van der Waals surface area contributed by atoms with Gasteiger partial charge in [0.2, 0.25) is 0 Å². The maximum Gasteiger partial charge on any atom is 0.0899 e. The van der Waals surface area contributed by atoms with Gasteiger partial charge in [0.25, 0.3) is 0 Å². The van der Waals surface area contributed by atoms with Crippen LogP contribution < -0.4 is 5.32 Å². The lowest BCUT2D eigenvalue weighted by molar-refractivity contribution is 0.0361. The van der Waals surface area contributed by atoms with Crippen molar-refractivity contribution in [3.8, 4) is 0 Å². The largest absolute Gasteiger partial charge is 0.389 e. The van der Waals surface area contributed by atoms with Gasteiger partial charge in [-0.05, 0) is 19.0 Å². The quantitative estimate of drug-likeness (QED) is 0.610. The van der Waals surface area contributed by atoms with Crippen molar-refractivity contribution in [2.75, 3.05) is 46.9 Å². The predicted molar refractivity (Wildman–Crippen MR) is 67.7 cm³/mol. The second-order valence-corrected chi connectivity index (χ2v) is 5.25. The molecule has 0 heterocycles. The molecule has 0 aromatic rings. The lowest BCUT2D eigenvalue weighted by Gasteiger charge is -2.31. The summed E-state index contributed by atoms with van der Waals surface area (Å²) >= 11 is 0. The summed E-state index contributed by atoms with van der Waals surface area (Å²) in [5, 5.41) is 13.0.